The van der Waals surface area contributed by atoms with Crippen molar-refractivity contribution in [3.63, 3.8) is 0 Å². The molecule has 1 aromatic heterocycles. The summed E-state index contributed by atoms with van der Waals surface area (Å²) < 4.78 is 89.7. The number of aliphatic hydroxyl groups is 1. The van der Waals surface area contributed by atoms with Crippen molar-refractivity contribution in [2.24, 2.45) is 0 Å². The molecule has 1 aliphatic rings. The van der Waals surface area contributed by atoms with Crippen LogP contribution in [-0.4, -0.2) is 54.7 Å². The molecule has 0 bridgehead atoms. The summed E-state index contributed by atoms with van der Waals surface area (Å²) in [4.78, 5) is 30.0. The van der Waals surface area contributed by atoms with Crippen LogP contribution in [0, 0.1) is 5.82 Å². The monoisotopic (exact) mass is 733 g/mol. The van der Waals surface area contributed by atoms with Crippen molar-refractivity contribution in [3.8, 4) is 22.8 Å². The number of amides is 2. The fraction of sp³-hybridized carbons (Fsp3) is 0.306. The molecule has 1 saturated carbocycles. The average Bonchev–Trinajstić information content (AvgIpc) is 3.94. The molecule has 2 unspecified atom stereocenters. The summed E-state index contributed by atoms with van der Waals surface area (Å²) in [5, 5.41) is 15.4. The molecule has 0 saturated heterocycles. The van der Waals surface area contributed by atoms with Gasteiger partial charge in [0.2, 0.25) is 5.60 Å². The molecule has 1 aliphatic carbocycles. The lowest BCUT2D eigenvalue weighted by atomic mass is 9.88. The summed E-state index contributed by atoms with van der Waals surface area (Å²) in [6.07, 6.45) is -4.84. The molecule has 9 nitrogen and oxygen atoms in total. The molecule has 51 heavy (non-hydrogen) atoms. The summed E-state index contributed by atoms with van der Waals surface area (Å²) >= 11 is 5.95. The number of alkyl carbamates (subject to hydrolysis) is 1. The number of carbonyl (C=O) groups excluding carboxylic acids is 2. The van der Waals surface area contributed by atoms with Gasteiger partial charge in [-0.3, -0.25) is 4.79 Å². The Morgan fingerprint density at radius 1 is 1.00 bits per heavy atom. The summed E-state index contributed by atoms with van der Waals surface area (Å²) in [6.45, 7) is -1.78. The third kappa shape index (κ3) is 8.68. The zero-order valence-electron chi connectivity index (χ0n) is 27.3. The molecular weight excluding hydrogens is 701 g/mol. The molecule has 5 rings (SSSR count). The van der Waals surface area contributed by atoms with Gasteiger partial charge in [0.05, 0.1) is 41.7 Å². The second kappa shape index (κ2) is 15.1. The molecule has 0 radical (unpaired) electrons. The molecule has 1 fully saturated rings. The number of hydrogen-bond acceptors (Lipinski definition) is 7. The van der Waals surface area contributed by atoms with Crippen LogP contribution in [-0.2, 0) is 22.5 Å². The number of ether oxygens (including phenoxy) is 3. The number of pyridine rings is 1. The summed E-state index contributed by atoms with van der Waals surface area (Å²) in [5.74, 6) is -1.29. The molecule has 15 heteroatoms. The molecule has 1 heterocycles. The van der Waals surface area contributed by atoms with Gasteiger partial charge in [0.1, 0.15) is 19.1 Å². The highest BCUT2D eigenvalue weighted by molar-refractivity contribution is 6.31. The van der Waals surface area contributed by atoms with Crippen molar-refractivity contribution >= 4 is 23.6 Å². The van der Waals surface area contributed by atoms with E-state index in [4.69, 9.17) is 25.8 Å². The SMILES string of the molecule is COc1cc(C(=O)NCC(O)(c2cc(C(C)(CF)NC(=O)OCc3ccccc3)cc(-c3ccc(F)c(Cl)c3)n2)C(F)(F)F)ccc1OC1CC1. The fourth-order valence-electron chi connectivity index (χ4n) is 4.95. The van der Waals surface area contributed by atoms with Gasteiger partial charge < -0.3 is 30.0 Å². The van der Waals surface area contributed by atoms with Crippen LogP contribution in [0.25, 0.3) is 11.3 Å². The third-order valence-corrected chi connectivity index (χ3v) is 8.47. The highest BCUT2D eigenvalue weighted by Gasteiger charge is 2.57. The number of carbonyl (C=O) groups is 2. The van der Waals surface area contributed by atoms with Crippen molar-refractivity contribution < 1.29 is 50.9 Å². The quantitative estimate of drug-likeness (QED) is 0.123. The van der Waals surface area contributed by atoms with E-state index in [-0.39, 0.29) is 45.9 Å². The minimum atomic E-state index is -5.46. The van der Waals surface area contributed by atoms with Gasteiger partial charge in [-0.05, 0) is 79.4 Å². The molecule has 270 valence electrons. The lowest BCUT2D eigenvalue weighted by molar-refractivity contribution is -0.265. The van der Waals surface area contributed by atoms with E-state index in [1.165, 1.54) is 38.3 Å². The maximum Gasteiger partial charge on any atom is 0.424 e. The van der Waals surface area contributed by atoms with E-state index in [0.717, 1.165) is 37.1 Å². The number of methoxy groups -OCH3 is 1. The van der Waals surface area contributed by atoms with Crippen LogP contribution in [0.1, 0.15) is 46.9 Å². The number of nitrogens with one attached hydrogen (secondary N) is 2. The molecule has 4 aromatic rings. The minimum absolute atomic E-state index is 0.00604. The molecule has 3 N–H and O–H groups in total. The van der Waals surface area contributed by atoms with Crippen molar-refractivity contribution in [2.75, 3.05) is 20.3 Å². The Balaban J connectivity index is 1.50. The van der Waals surface area contributed by atoms with Crippen LogP contribution in [0.5, 0.6) is 11.5 Å². The van der Waals surface area contributed by atoms with Crippen LogP contribution in [0.4, 0.5) is 26.7 Å². The average molecular weight is 734 g/mol. The Kier molecular flexibility index (Phi) is 11.1. The number of nitrogens with zero attached hydrogens (tertiary/aromatic N) is 1. The van der Waals surface area contributed by atoms with Crippen molar-refractivity contribution in [1.29, 1.82) is 0 Å². The van der Waals surface area contributed by atoms with Crippen LogP contribution in [0.15, 0.2) is 78.9 Å². The molecule has 3 aromatic carbocycles. The maximum absolute atomic E-state index is 14.9. The van der Waals surface area contributed by atoms with Crippen molar-refractivity contribution in [2.45, 2.75) is 49.8 Å². The second-order valence-electron chi connectivity index (χ2n) is 12.1. The lowest BCUT2D eigenvalue weighted by Crippen LogP contribution is -2.52. The van der Waals surface area contributed by atoms with Gasteiger partial charge in [0, 0.05) is 11.1 Å². The highest BCUT2D eigenvalue weighted by atomic mass is 35.5. The number of hydrogen-bond donors (Lipinski definition) is 3. The van der Waals surface area contributed by atoms with Crippen LogP contribution < -0.4 is 20.1 Å². The molecule has 0 aliphatic heterocycles. The predicted octanol–water partition coefficient (Wildman–Crippen LogP) is 7.38. The van der Waals surface area contributed by atoms with E-state index in [0.29, 0.717) is 11.3 Å². The summed E-state index contributed by atoms with van der Waals surface area (Å²) in [5.41, 5.74) is -6.97. The van der Waals surface area contributed by atoms with E-state index in [1.54, 1.807) is 30.3 Å². The van der Waals surface area contributed by atoms with Crippen molar-refractivity contribution in [3.05, 3.63) is 112 Å². The predicted molar refractivity (Wildman–Crippen MR) is 177 cm³/mol. The first kappa shape index (κ1) is 37.3. The Bertz CT molecular complexity index is 1900. The standard InChI is InChI=1S/C36H33ClF5N3O6/c1-34(19-38,45-33(47)50-18-21-6-4-3-5-7-21)24-16-28(22-8-12-27(39)26(37)14-22)44-31(17-24)35(48,36(40,41)42)20-43-32(46)23-9-13-29(30(15-23)49-2)51-25-10-11-25/h3-9,12-17,25,48H,10-11,18-20H2,1-2H3,(H,43,46)(H,45,47). The number of halogens is 6. The van der Waals surface area contributed by atoms with Crippen LogP contribution in [0.3, 0.4) is 0 Å². The number of aromatic nitrogens is 1. The third-order valence-electron chi connectivity index (χ3n) is 8.18. The van der Waals surface area contributed by atoms with Crippen molar-refractivity contribution in [1.82, 2.24) is 15.6 Å². The van der Waals surface area contributed by atoms with Gasteiger partial charge in [-0.25, -0.2) is 18.6 Å². The Hall–Kier alpha value is -4.95. The van der Waals surface area contributed by atoms with Gasteiger partial charge in [-0.15, -0.1) is 0 Å². The molecule has 2 amide bonds. The van der Waals surface area contributed by atoms with Gasteiger partial charge in [-0.2, -0.15) is 13.2 Å². The van der Waals surface area contributed by atoms with Gasteiger partial charge in [0.15, 0.2) is 11.5 Å². The molecule has 2 atom stereocenters. The van der Waals surface area contributed by atoms with E-state index >= 15 is 0 Å². The van der Waals surface area contributed by atoms with Gasteiger partial charge >= 0.3 is 12.3 Å². The fourth-order valence-corrected chi connectivity index (χ4v) is 5.13. The van der Waals surface area contributed by atoms with E-state index in [1.807, 2.05) is 0 Å². The maximum atomic E-state index is 14.9. The Morgan fingerprint density at radius 2 is 1.73 bits per heavy atom. The zero-order valence-corrected chi connectivity index (χ0v) is 28.1. The highest BCUT2D eigenvalue weighted by Crippen LogP contribution is 2.41. The van der Waals surface area contributed by atoms with Gasteiger partial charge in [-0.1, -0.05) is 41.9 Å². The zero-order chi connectivity index (χ0) is 37.0. The number of rotatable bonds is 13. The van der Waals surface area contributed by atoms with E-state index in [2.05, 4.69) is 15.6 Å². The first-order valence-corrected chi connectivity index (χ1v) is 16.0. The number of benzene rings is 3. The normalized spacial score (nSPS) is 15.2. The van der Waals surface area contributed by atoms with E-state index < -0.39 is 54.0 Å². The Labute approximate surface area is 294 Å². The second-order valence-corrected chi connectivity index (χ2v) is 12.5. The first-order valence-electron chi connectivity index (χ1n) is 15.6. The molecular formula is C36H33ClF5N3O6. The van der Waals surface area contributed by atoms with Crippen LogP contribution in [0.2, 0.25) is 5.02 Å². The summed E-state index contributed by atoms with van der Waals surface area (Å²) in [6, 6.07) is 17.7. The molecule has 0 spiro atoms. The van der Waals surface area contributed by atoms with Crippen LogP contribution >= 0.6 is 11.6 Å². The first-order chi connectivity index (χ1) is 24.2. The largest absolute Gasteiger partial charge is 0.493 e. The van der Waals surface area contributed by atoms with E-state index in [9.17, 15) is 36.6 Å². The minimum Gasteiger partial charge on any atom is -0.493 e. The summed E-state index contributed by atoms with van der Waals surface area (Å²) in [7, 11) is 1.34. The number of alkyl halides is 4. The lowest BCUT2D eigenvalue weighted by Gasteiger charge is -2.33. The topological polar surface area (TPSA) is 119 Å². The Morgan fingerprint density at radius 3 is 2.35 bits per heavy atom. The van der Waals surface area contributed by atoms with Gasteiger partial charge in [0.25, 0.3) is 5.91 Å². The smallest absolute Gasteiger partial charge is 0.424 e.